The summed E-state index contributed by atoms with van der Waals surface area (Å²) in [5.74, 6) is -0.937. The summed E-state index contributed by atoms with van der Waals surface area (Å²) in [6.07, 6.45) is 4.30. The van der Waals surface area contributed by atoms with Crippen LogP contribution in [0.25, 0.3) is 0 Å². The van der Waals surface area contributed by atoms with Gasteiger partial charge in [0.15, 0.2) is 0 Å². The predicted octanol–water partition coefficient (Wildman–Crippen LogP) is -2.63. The molecule has 0 radical (unpaired) electrons. The second-order valence-electron chi connectivity index (χ2n) is 5.15. The van der Waals surface area contributed by atoms with Crippen molar-refractivity contribution in [3.63, 3.8) is 0 Å². The Morgan fingerprint density at radius 3 is 2.27 bits per heavy atom. The molecule has 7 nitrogen and oxygen atoms in total. The third-order valence-electron chi connectivity index (χ3n) is 2.51. The first-order valence-corrected chi connectivity index (χ1v) is 7.88. The molecule has 0 aliphatic carbocycles. The normalized spacial score (nSPS) is 14.3. The van der Waals surface area contributed by atoms with Gasteiger partial charge < -0.3 is 14.8 Å². The van der Waals surface area contributed by atoms with Crippen LogP contribution in [-0.2, 0) is 19.7 Å². The van der Waals surface area contributed by atoms with E-state index < -0.39 is 27.3 Å². The van der Waals surface area contributed by atoms with E-state index in [-0.39, 0.29) is 35.5 Å². The first-order chi connectivity index (χ1) is 9.50. The van der Waals surface area contributed by atoms with E-state index in [0.29, 0.717) is 6.42 Å². The Hall–Kier alpha value is -0.670. The minimum atomic E-state index is -4.33. The minimum absolute atomic E-state index is 0. The van der Waals surface area contributed by atoms with Gasteiger partial charge in [-0.25, -0.2) is 8.42 Å². The van der Waals surface area contributed by atoms with Crippen LogP contribution >= 0.6 is 0 Å². The maximum Gasteiger partial charge on any atom is 1.00 e. The summed E-state index contributed by atoms with van der Waals surface area (Å²) in [5, 5.41) is 2.33. The maximum absolute atomic E-state index is 10.8. The monoisotopic (exact) mass is 340 g/mol. The molecular formula is C13H21N2NaO5S. The molecule has 120 valence electrons. The molecule has 0 aromatic rings. The Morgan fingerprint density at radius 1 is 1.45 bits per heavy atom. The quantitative estimate of drug-likeness (QED) is 0.335. The fraction of sp³-hybridized carbons (Fsp3) is 0.538. The van der Waals surface area contributed by atoms with Crippen LogP contribution in [0.2, 0.25) is 0 Å². The average Bonchev–Trinajstić information content (AvgIpc) is 2.71. The van der Waals surface area contributed by atoms with Gasteiger partial charge >= 0.3 is 29.6 Å². The second-order valence-corrected chi connectivity index (χ2v) is 6.56. The number of carbonyl (C=O) groups is 2. The van der Waals surface area contributed by atoms with Crippen LogP contribution in [0.15, 0.2) is 25.4 Å². The van der Waals surface area contributed by atoms with Gasteiger partial charge in [-0.1, -0.05) is 13.2 Å². The van der Waals surface area contributed by atoms with Crippen molar-refractivity contribution in [3.8, 4) is 0 Å². The molecule has 2 amide bonds. The van der Waals surface area contributed by atoms with Gasteiger partial charge in [-0.15, -0.1) is 0 Å². The van der Waals surface area contributed by atoms with Crippen LogP contribution in [0.5, 0.6) is 0 Å². The number of nitrogens with one attached hydrogen (secondary N) is 1. The molecule has 9 heteroatoms. The van der Waals surface area contributed by atoms with Crippen molar-refractivity contribution >= 4 is 21.9 Å². The molecule has 0 spiro atoms. The molecule has 1 fully saturated rings. The van der Waals surface area contributed by atoms with Crippen LogP contribution in [0, 0.1) is 0 Å². The number of likely N-dealkylation sites (tertiary alicyclic amines) is 1. The van der Waals surface area contributed by atoms with Crippen LogP contribution in [0.4, 0.5) is 0 Å². The Balaban J connectivity index is 0. The molecule has 1 saturated heterocycles. The number of hydrogen-bond acceptors (Lipinski definition) is 5. The predicted molar refractivity (Wildman–Crippen MR) is 78.1 cm³/mol. The van der Waals surface area contributed by atoms with Gasteiger partial charge in [0, 0.05) is 18.5 Å². The van der Waals surface area contributed by atoms with Gasteiger partial charge in [0.05, 0.1) is 15.9 Å². The summed E-state index contributed by atoms with van der Waals surface area (Å²) >= 11 is 0. The number of nitrogens with zero attached hydrogens (tertiary/aromatic N) is 1. The largest absolute Gasteiger partial charge is 1.00 e. The molecule has 1 aliphatic heterocycles. The summed E-state index contributed by atoms with van der Waals surface area (Å²) in [5.41, 5.74) is -1.06. The fourth-order valence-corrected chi connectivity index (χ4v) is 2.68. The maximum atomic E-state index is 10.8. The standard InChI is InChI=1S/C7H13NO4S.C6H9NO.Na/c1-4-6(9)8-7(2,3)5-13(10,11)12;1-2-7-5-3-4-6(7)8;/h4H,1,5H2,2-3H3,(H,8,9)(H,10,11,12);2H,1,3-5H2;/q;;+1/p-1. The van der Waals surface area contributed by atoms with Gasteiger partial charge in [-0.3, -0.25) is 9.59 Å². The fourth-order valence-electron chi connectivity index (χ4n) is 1.72. The van der Waals surface area contributed by atoms with E-state index in [4.69, 9.17) is 0 Å². The molecule has 0 bridgehead atoms. The molecule has 1 heterocycles. The van der Waals surface area contributed by atoms with Crippen LogP contribution < -0.4 is 34.9 Å². The van der Waals surface area contributed by atoms with Crippen molar-refractivity contribution in [2.75, 3.05) is 12.3 Å². The van der Waals surface area contributed by atoms with E-state index in [0.717, 1.165) is 19.0 Å². The molecule has 22 heavy (non-hydrogen) atoms. The van der Waals surface area contributed by atoms with Crippen molar-refractivity contribution < 1.29 is 52.1 Å². The number of carbonyl (C=O) groups excluding carboxylic acids is 2. The van der Waals surface area contributed by atoms with E-state index >= 15 is 0 Å². The molecule has 0 atom stereocenters. The van der Waals surface area contributed by atoms with Crippen molar-refractivity contribution in [1.29, 1.82) is 0 Å². The molecule has 1 rings (SSSR count). The summed E-state index contributed by atoms with van der Waals surface area (Å²) in [7, 11) is -4.33. The number of rotatable bonds is 5. The third kappa shape index (κ3) is 11.0. The topological polar surface area (TPSA) is 107 Å². The first kappa shape index (κ1) is 23.6. The SMILES string of the molecule is C=CC(=O)NC(C)(C)CS(=O)(=O)[O-].C=CN1CCCC1=O.[Na+]. The van der Waals surface area contributed by atoms with Crippen molar-refractivity contribution in [2.24, 2.45) is 0 Å². The van der Waals surface area contributed by atoms with Crippen molar-refractivity contribution in [3.05, 3.63) is 25.4 Å². The van der Waals surface area contributed by atoms with Crippen LogP contribution in [0.1, 0.15) is 26.7 Å². The average molecular weight is 340 g/mol. The van der Waals surface area contributed by atoms with E-state index in [1.807, 2.05) is 0 Å². The van der Waals surface area contributed by atoms with Crippen molar-refractivity contribution in [2.45, 2.75) is 32.2 Å². The molecule has 0 saturated carbocycles. The van der Waals surface area contributed by atoms with E-state index in [1.54, 1.807) is 11.1 Å². The second kappa shape index (κ2) is 10.2. The van der Waals surface area contributed by atoms with Crippen LogP contribution in [0.3, 0.4) is 0 Å². The molecule has 1 aliphatic rings. The molecule has 1 N–H and O–H groups in total. The smallest absolute Gasteiger partial charge is 0.748 e. The molecular weight excluding hydrogens is 319 g/mol. The Bertz CT molecular complexity index is 517. The molecule has 0 unspecified atom stereocenters. The van der Waals surface area contributed by atoms with Gasteiger partial charge in [-0.05, 0) is 32.5 Å². The molecule has 0 aromatic carbocycles. The summed E-state index contributed by atoms with van der Waals surface area (Å²) in [4.78, 5) is 23.1. The van der Waals surface area contributed by atoms with E-state index in [2.05, 4.69) is 18.5 Å². The third-order valence-corrected chi connectivity index (χ3v) is 3.59. The van der Waals surface area contributed by atoms with E-state index in [9.17, 15) is 22.6 Å². The Labute approximate surface area is 153 Å². The Kier molecular flexibility index (Phi) is 10.9. The summed E-state index contributed by atoms with van der Waals surface area (Å²) < 4.78 is 31.2. The number of amides is 2. The van der Waals surface area contributed by atoms with Gasteiger partial charge in [0.25, 0.3) is 0 Å². The molecule has 0 aromatic heterocycles. The minimum Gasteiger partial charge on any atom is -0.748 e. The van der Waals surface area contributed by atoms with Crippen molar-refractivity contribution in [1.82, 2.24) is 10.2 Å². The zero-order valence-electron chi connectivity index (χ0n) is 13.3. The van der Waals surface area contributed by atoms with Crippen LogP contribution in [-0.4, -0.2) is 47.5 Å². The number of hydrogen-bond donors (Lipinski definition) is 1. The zero-order valence-corrected chi connectivity index (χ0v) is 16.1. The van der Waals surface area contributed by atoms with Gasteiger partial charge in [0.2, 0.25) is 11.8 Å². The summed E-state index contributed by atoms with van der Waals surface area (Å²) in [6.45, 7) is 10.5. The van der Waals surface area contributed by atoms with E-state index in [1.165, 1.54) is 13.8 Å². The summed E-state index contributed by atoms with van der Waals surface area (Å²) in [6, 6.07) is 0. The zero-order chi connectivity index (χ0) is 16.7. The first-order valence-electron chi connectivity index (χ1n) is 6.31. The van der Waals surface area contributed by atoms with Gasteiger partial charge in [-0.2, -0.15) is 0 Å². The van der Waals surface area contributed by atoms with Gasteiger partial charge in [0.1, 0.15) is 0 Å². The Morgan fingerprint density at radius 2 is 2.00 bits per heavy atom.